The number of fused-ring (bicyclic) bond motifs is 1. The van der Waals surface area contributed by atoms with E-state index >= 15 is 0 Å². The van der Waals surface area contributed by atoms with E-state index in [9.17, 15) is 9.90 Å². The van der Waals surface area contributed by atoms with E-state index < -0.39 is 0 Å². The summed E-state index contributed by atoms with van der Waals surface area (Å²) >= 11 is 5.90. The smallest absolute Gasteiger partial charge is 0.181 e. The van der Waals surface area contributed by atoms with Gasteiger partial charge < -0.3 is 5.11 Å². The Balaban J connectivity index is 1.77. The fourth-order valence-electron chi connectivity index (χ4n) is 3.65. The first-order chi connectivity index (χ1) is 11.1. The summed E-state index contributed by atoms with van der Waals surface area (Å²) in [6.07, 6.45) is 2.71. The van der Waals surface area contributed by atoms with E-state index in [2.05, 4.69) is 10.1 Å². The highest BCUT2D eigenvalue weighted by Crippen LogP contribution is 2.46. The number of aryl methyl sites for hydroxylation is 1. The van der Waals surface area contributed by atoms with Crippen molar-refractivity contribution >= 4 is 23.0 Å². The van der Waals surface area contributed by atoms with E-state index in [0.29, 0.717) is 22.2 Å². The predicted octanol–water partition coefficient (Wildman–Crippen LogP) is 3.40. The molecular formula is C17H16ClN3O2. The van der Waals surface area contributed by atoms with Gasteiger partial charge in [-0.05, 0) is 37.1 Å². The molecule has 0 bridgehead atoms. The van der Waals surface area contributed by atoms with Crippen LogP contribution in [0.4, 0.5) is 0 Å². The molecular weight excluding hydrogens is 314 g/mol. The first kappa shape index (κ1) is 14.5. The Morgan fingerprint density at radius 1 is 1.22 bits per heavy atom. The van der Waals surface area contributed by atoms with Crippen LogP contribution in [0.15, 0.2) is 30.0 Å². The molecule has 2 atom stereocenters. The first-order valence-electron chi connectivity index (χ1n) is 7.71. The van der Waals surface area contributed by atoms with Crippen LogP contribution in [0.2, 0.25) is 5.02 Å². The van der Waals surface area contributed by atoms with Crippen LogP contribution in [0.1, 0.15) is 25.1 Å². The van der Waals surface area contributed by atoms with Crippen molar-refractivity contribution in [3.8, 4) is 11.4 Å². The summed E-state index contributed by atoms with van der Waals surface area (Å²) in [6, 6.07) is 7.21. The van der Waals surface area contributed by atoms with Gasteiger partial charge >= 0.3 is 0 Å². The highest BCUT2D eigenvalue weighted by molar-refractivity contribution is 6.30. The monoisotopic (exact) mass is 329 g/mol. The number of halogens is 1. The van der Waals surface area contributed by atoms with Crippen LogP contribution >= 0.6 is 11.6 Å². The molecule has 1 N–H and O–H groups in total. The van der Waals surface area contributed by atoms with Crippen LogP contribution in [0.3, 0.4) is 0 Å². The Labute approximate surface area is 138 Å². The van der Waals surface area contributed by atoms with E-state index in [4.69, 9.17) is 11.6 Å². The van der Waals surface area contributed by atoms with Gasteiger partial charge in [0.05, 0.1) is 0 Å². The lowest BCUT2D eigenvalue weighted by Crippen LogP contribution is -2.13. The zero-order valence-corrected chi connectivity index (χ0v) is 13.4. The van der Waals surface area contributed by atoms with Crippen molar-refractivity contribution in [3.63, 3.8) is 0 Å². The van der Waals surface area contributed by atoms with Crippen LogP contribution in [-0.2, 0) is 11.8 Å². The maximum absolute atomic E-state index is 12.6. The molecule has 4 rings (SSSR count). The molecule has 1 heterocycles. The summed E-state index contributed by atoms with van der Waals surface area (Å²) < 4.78 is 1.56. The van der Waals surface area contributed by atoms with E-state index in [0.717, 1.165) is 24.8 Å². The number of nitrogens with zero attached hydrogens (tertiary/aromatic N) is 3. The minimum Gasteiger partial charge on any atom is -0.511 e. The number of carbonyl (C=O) groups is 1. The molecule has 5 nitrogen and oxygen atoms in total. The normalized spacial score (nSPS) is 23.7. The molecule has 6 heteroatoms. The number of rotatable bonds is 2. The quantitative estimate of drug-likeness (QED) is 0.916. The molecule has 1 fully saturated rings. The van der Waals surface area contributed by atoms with Crippen LogP contribution < -0.4 is 0 Å². The summed E-state index contributed by atoms with van der Waals surface area (Å²) in [5.74, 6) is 1.03. The van der Waals surface area contributed by atoms with Gasteiger partial charge in [0.2, 0.25) is 0 Å². The Morgan fingerprint density at radius 2 is 1.91 bits per heavy atom. The Kier molecular flexibility index (Phi) is 3.27. The highest BCUT2D eigenvalue weighted by atomic mass is 35.5. The van der Waals surface area contributed by atoms with Crippen molar-refractivity contribution in [2.75, 3.05) is 0 Å². The Morgan fingerprint density at radius 3 is 2.61 bits per heavy atom. The average Bonchev–Trinajstić information content (AvgIpc) is 3.20. The predicted molar refractivity (Wildman–Crippen MR) is 86.8 cm³/mol. The third-order valence-corrected chi connectivity index (χ3v) is 5.05. The zero-order valence-electron chi connectivity index (χ0n) is 12.7. The van der Waals surface area contributed by atoms with Gasteiger partial charge in [0.25, 0.3) is 0 Å². The summed E-state index contributed by atoms with van der Waals surface area (Å²) in [4.78, 5) is 17.1. The molecule has 0 aliphatic heterocycles. The van der Waals surface area contributed by atoms with Gasteiger partial charge in [-0.15, -0.1) is 0 Å². The number of hydrogen-bond donors (Lipinski definition) is 1. The molecule has 0 radical (unpaired) electrons. The molecule has 2 unspecified atom stereocenters. The van der Waals surface area contributed by atoms with Crippen molar-refractivity contribution in [1.29, 1.82) is 0 Å². The standard InChI is InChI=1S/C17H16ClN3O2/c1-21-17(13-14(22)11-3-2-4-12(11)15(13)23)19-16(20-21)9-5-7-10(18)8-6-9/h5-8,11-12,22H,2-4H2,1H3. The summed E-state index contributed by atoms with van der Waals surface area (Å²) in [7, 11) is 1.74. The number of aromatic nitrogens is 3. The van der Waals surface area contributed by atoms with Crippen LogP contribution in [0.25, 0.3) is 17.0 Å². The second-order valence-corrected chi connectivity index (χ2v) is 6.59. The minimum absolute atomic E-state index is 0.00292. The number of benzene rings is 1. The number of aliphatic hydroxyl groups excluding tert-OH is 1. The number of Topliss-reactive ketones (excluding diaryl/α,β-unsaturated/α-hetero) is 1. The largest absolute Gasteiger partial charge is 0.511 e. The molecule has 1 aromatic heterocycles. The molecule has 0 amide bonds. The molecule has 23 heavy (non-hydrogen) atoms. The molecule has 118 valence electrons. The van der Waals surface area contributed by atoms with Crippen LogP contribution in [0, 0.1) is 11.8 Å². The van der Waals surface area contributed by atoms with Gasteiger partial charge in [0, 0.05) is 29.5 Å². The number of ketones is 1. The number of allylic oxidation sites excluding steroid dienone is 2. The van der Waals surface area contributed by atoms with Crippen molar-refractivity contribution in [3.05, 3.63) is 40.9 Å². The van der Waals surface area contributed by atoms with E-state index in [-0.39, 0.29) is 23.4 Å². The lowest BCUT2D eigenvalue weighted by molar-refractivity contribution is -0.117. The van der Waals surface area contributed by atoms with Crippen molar-refractivity contribution in [2.24, 2.45) is 18.9 Å². The number of carbonyl (C=O) groups excluding carboxylic acids is 1. The van der Waals surface area contributed by atoms with Gasteiger partial charge in [-0.1, -0.05) is 18.0 Å². The van der Waals surface area contributed by atoms with E-state index in [1.807, 2.05) is 12.1 Å². The van der Waals surface area contributed by atoms with Gasteiger partial charge in [0.1, 0.15) is 11.3 Å². The van der Waals surface area contributed by atoms with Crippen LogP contribution in [-0.4, -0.2) is 25.7 Å². The fourth-order valence-corrected chi connectivity index (χ4v) is 3.77. The summed E-state index contributed by atoms with van der Waals surface area (Å²) in [5.41, 5.74) is 1.16. The lowest BCUT2D eigenvalue weighted by Gasteiger charge is -2.06. The first-order valence-corrected chi connectivity index (χ1v) is 8.08. The number of hydrogen-bond acceptors (Lipinski definition) is 4. The summed E-state index contributed by atoms with van der Waals surface area (Å²) in [6.45, 7) is 0. The van der Waals surface area contributed by atoms with Crippen LogP contribution in [0.5, 0.6) is 0 Å². The fraction of sp³-hybridized carbons (Fsp3) is 0.353. The molecule has 2 aliphatic rings. The second kappa shape index (κ2) is 5.20. The van der Waals surface area contributed by atoms with Crippen molar-refractivity contribution in [2.45, 2.75) is 19.3 Å². The third kappa shape index (κ3) is 2.18. The topological polar surface area (TPSA) is 68.0 Å². The maximum Gasteiger partial charge on any atom is 0.181 e. The van der Waals surface area contributed by atoms with E-state index in [1.54, 1.807) is 23.9 Å². The zero-order chi connectivity index (χ0) is 16.1. The number of aliphatic hydroxyl groups is 1. The van der Waals surface area contributed by atoms with Gasteiger partial charge in [0.15, 0.2) is 17.4 Å². The Bertz CT molecular complexity index is 823. The average molecular weight is 330 g/mol. The van der Waals surface area contributed by atoms with Gasteiger partial charge in [-0.3, -0.25) is 4.79 Å². The van der Waals surface area contributed by atoms with Crippen molar-refractivity contribution < 1.29 is 9.90 Å². The van der Waals surface area contributed by atoms with Gasteiger partial charge in [-0.2, -0.15) is 5.10 Å². The SMILES string of the molecule is Cn1nc(-c2ccc(Cl)cc2)nc1C1=C(O)C2CCCC2C1=O. The molecule has 1 saturated carbocycles. The van der Waals surface area contributed by atoms with Gasteiger partial charge in [-0.25, -0.2) is 9.67 Å². The summed E-state index contributed by atoms with van der Waals surface area (Å²) in [5, 5.41) is 15.5. The Hall–Kier alpha value is -2.14. The minimum atomic E-state index is -0.0827. The molecule has 0 saturated heterocycles. The van der Waals surface area contributed by atoms with Crippen molar-refractivity contribution in [1.82, 2.24) is 14.8 Å². The van der Waals surface area contributed by atoms with E-state index in [1.165, 1.54) is 0 Å². The molecule has 0 spiro atoms. The highest BCUT2D eigenvalue weighted by Gasteiger charge is 2.46. The third-order valence-electron chi connectivity index (χ3n) is 4.80. The molecule has 1 aromatic carbocycles. The second-order valence-electron chi connectivity index (χ2n) is 6.16. The maximum atomic E-state index is 12.6. The molecule has 2 aliphatic carbocycles. The molecule has 2 aromatic rings. The lowest BCUT2D eigenvalue weighted by atomic mass is 9.98.